The van der Waals surface area contributed by atoms with Gasteiger partial charge in [-0.25, -0.2) is 9.79 Å². The molecule has 1 atom stereocenters. The van der Waals surface area contributed by atoms with E-state index >= 15 is 0 Å². The summed E-state index contributed by atoms with van der Waals surface area (Å²) in [4.78, 5) is 36.3. The second-order valence-electron chi connectivity index (χ2n) is 10.0. The van der Waals surface area contributed by atoms with Gasteiger partial charge in [-0.05, 0) is 78.2 Å². The number of thiazole rings is 1. The molecule has 0 radical (unpaired) electrons. The molecule has 212 valence electrons. The van der Waals surface area contributed by atoms with Crippen LogP contribution in [0.4, 0.5) is 0 Å². The Kier molecular flexibility index (Phi) is 7.47. The number of carbonyl (C=O) groups is 1. The van der Waals surface area contributed by atoms with E-state index in [1.165, 1.54) is 11.3 Å². The molecule has 0 saturated heterocycles. The van der Waals surface area contributed by atoms with Crippen molar-refractivity contribution in [1.82, 2.24) is 9.55 Å². The van der Waals surface area contributed by atoms with Gasteiger partial charge >= 0.3 is 5.97 Å². The van der Waals surface area contributed by atoms with Gasteiger partial charge in [0.2, 0.25) is 0 Å². The van der Waals surface area contributed by atoms with E-state index in [9.17, 15) is 9.59 Å². The summed E-state index contributed by atoms with van der Waals surface area (Å²) >= 11 is 4.87. The number of hydrogen-bond donors (Lipinski definition) is 1. The number of nitrogens with one attached hydrogen (secondary N) is 1. The number of aromatic nitrogens is 2. The van der Waals surface area contributed by atoms with Crippen molar-refractivity contribution in [2.45, 2.75) is 26.8 Å². The van der Waals surface area contributed by atoms with E-state index in [0.717, 1.165) is 38.9 Å². The van der Waals surface area contributed by atoms with Gasteiger partial charge in [-0.3, -0.25) is 9.36 Å². The number of allylic oxidation sites excluding steroid dienone is 1. The van der Waals surface area contributed by atoms with Gasteiger partial charge in [0.1, 0.15) is 5.75 Å². The highest BCUT2D eigenvalue weighted by Crippen LogP contribution is 2.35. The topological polar surface area (TPSA) is 85.7 Å². The van der Waals surface area contributed by atoms with E-state index in [4.69, 9.17) is 14.5 Å². The smallest absolute Gasteiger partial charge is 0.338 e. The van der Waals surface area contributed by atoms with Crippen molar-refractivity contribution in [3.8, 4) is 17.0 Å². The van der Waals surface area contributed by atoms with Gasteiger partial charge < -0.3 is 14.5 Å². The first-order valence-electron chi connectivity index (χ1n) is 13.5. The molecule has 6 rings (SSSR count). The Morgan fingerprint density at radius 2 is 1.90 bits per heavy atom. The Balaban J connectivity index is 1.62. The summed E-state index contributed by atoms with van der Waals surface area (Å²) in [7, 11) is 1.59. The molecule has 1 aliphatic heterocycles. The molecule has 2 aromatic heterocycles. The minimum atomic E-state index is -0.719. The number of rotatable bonds is 6. The predicted octanol–water partition coefficient (Wildman–Crippen LogP) is 6.03. The highest BCUT2D eigenvalue weighted by molar-refractivity contribution is 9.10. The van der Waals surface area contributed by atoms with Gasteiger partial charge in [-0.1, -0.05) is 59.4 Å². The van der Waals surface area contributed by atoms with Crippen molar-refractivity contribution in [3.05, 3.63) is 119 Å². The minimum Gasteiger partial charge on any atom is -0.496 e. The molecule has 0 saturated carbocycles. The van der Waals surface area contributed by atoms with Crippen LogP contribution in [-0.2, 0) is 9.53 Å². The molecule has 1 N–H and O–H groups in total. The standard InChI is InChI=1S/C33H28BrN3O4S/c1-5-41-32(39)28-19(3)35-33-37(30(28)21-12-14-26(40-4)24(34)16-21)31(38)27(42-33)17-23-22-15-18(2)11-13-25(22)36-29(23)20-9-7-6-8-10-20/h6-17,30,36H,5H2,1-4H3/b27-17+/t30-/m1/s1. The number of fused-ring (bicyclic) bond motifs is 2. The Bertz CT molecular complexity index is 2070. The number of hydrogen-bond acceptors (Lipinski definition) is 6. The molecule has 1 aliphatic rings. The molecule has 42 heavy (non-hydrogen) atoms. The number of aryl methyl sites for hydroxylation is 1. The fourth-order valence-electron chi connectivity index (χ4n) is 5.40. The molecule has 0 bridgehead atoms. The van der Waals surface area contributed by atoms with Crippen molar-refractivity contribution in [1.29, 1.82) is 0 Å². The lowest BCUT2D eigenvalue weighted by molar-refractivity contribution is -0.139. The lowest BCUT2D eigenvalue weighted by Crippen LogP contribution is -2.40. The van der Waals surface area contributed by atoms with E-state index in [1.807, 2.05) is 54.6 Å². The molecule has 7 nitrogen and oxygen atoms in total. The van der Waals surface area contributed by atoms with E-state index in [-0.39, 0.29) is 12.2 Å². The number of ether oxygens (including phenoxy) is 2. The highest BCUT2D eigenvalue weighted by atomic mass is 79.9. The third kappa shape index (κ3) is 4.82. The average Bonchev–Trinajstić information content (AvgIpc) is 3.49. The highest BCUT2D eigenvalue weighted by Gasteiger charge is 2.33. The predicted molar refractivity (Wildman–Crippen MR) is 170 cm³/mol. The maximum absolute atomic E-state index is 14.3. The lowest BCUT2D eigenvalue weighted by atomic mass is 9.96. The number of benzene rings is 3. The lowest BCUT2D eigenvalue weighted by Gasteiger charge is -2.25. The minimum absolute atomic E-state index is 0.210. The van der Waals surface area contributed by atoms with Crippen molar-refractivity contribution in [2.75, 3.05) is 13.7 Å². The van der Waals surface area contributed by atoms with Crippen LogP contribution in [0.1, 0.15) is 36.6 Å². The van der Waals surface area contributed by atoms with Gasteiger partial charge in [0, 0.05) is 16.5 Å². The van der Waals surface area contributed by atoms with Crippen LogP contribution in [0.5, 0.6) is 5.75 Å². The van der Waals surface area contributed by atoms with Crippen LogP contribution in [0, 0.1) is 6.92 Å². The Hall–Kier alpha value is -4.21. The fraction of sp³-hybridized carbons (Fsp3) is 0.182. The zero-order chi connectivity index (χ0) is 29.5. The van der Waals surface area contributed by atoms with Crippen molar-refractivity contribution >= 4 is 50.2 Å². The Labute approximate surface area is 254 Å². The number of methoxy groups -OCH3 is 1. The second-order valence-corrected chi connectivity index (χ2v) is 11.9. The first-order valence-corrected chi connectivity index (χ1v) is 15.1. The molecule has 9 heteroatoms. The molecular weight excluding hydrogens is 614 g/mol. The van der Waals surface area contributed by atoms with Gasteiger partial charge in [0.05, 0.1) is 45.7 Å². The molecule has 0 spiro atoms. The number of H-pyrrole nitrogens is 1. The van der Waals surface area contributed by atoms with E-state index in [2.05, 4.69) is 46.0 Å². The maximum atomic E-state index is 14.3. The molecule has 0 amide bonds. The molecule has 3 heterocycles. The monoisotopic (exact) mass is 641 g/mol. The largest absolute Gasteiger partial charge is 0.496 e. The van der Waals surface area contributed by atoms with Gasteiger partial charge in [-0.2, -0.15) is 0 Å². The SMILES string of the molecule is CCOC(=O)C1=C(C)N=c2s/c(=C/c3c(-c4ccccc4)[nH]c4ccc(C)cc34)c(=O)n2[C@@H]1c1ccc(OC)c(Br)c1. The summed E-state index contributed by atoms with van der Waals surface area (Å²) in [5.74, 6) is 0.149. The molecule has 0 aliphatic carbocycles. The molecule has 0 fully saturated rings. The fourth-order valence-corrected chi connectivity index (χ4v) is 6.99. The number of esters is 1. The second kappa shape index (κ2) is 11.2. The number of carbonyl (C=O) groups excluding carboxylic acids is 1. The van der Waals surface area contributed by atoms with Crippen LogP contribution >= 0.6 is 27.3 Å². The summed E-state index contributed by atoms with van der Waals surface area (Å²) in [5, 5.41) is 1.03. The number of nitrogens with zero attached hydrogens (tertiary/aromatic N) is 2. The summed E-state index contributed by atoms with van der Waals surface area (Å²) in [6, 6.07) is 21.2. The van der Waals surface area contributed by atoms with E-state index < -0.39 is 12.0 Å². The normalized spacial score (nSPS) is 15.1. The molecular formula is C33H28BrN3O4S. The first-order chi connectivity index (χ1) is 20.3. The van der Waals surface area contributed by atoms with Crippen LogP contribution in [0.2, 0.25) is 0 Å². The van der Waals surface area contributed by atoms with E-state index in [0.29, 0.717) is 30.8 Å². The van der Waals surface area contributed by atoms with Crippen LogP contribution < -0.4 is 19.6 Å². The van der Waals surface area contributed by atoms with Crippen LogP contribution in [0.25, 0.3) is 28.2 Å². The van der Waals surface area contributed by atoms with Crippen LogP contribution in [0.3, 0.4) is 0 Å². The summed E-state index contributed by atoms with van der Waals surface area (Å²) < 4.78 is 13.7. The Morgan fingerprint density at radius 3 is 2.62 bits per heavy atom. The molecule has 3 aromatic carbocycles. The van der Waals surface area contributed by atoms with Crippen LogP contribution in [0.15, 0.2) is 92.3 Å². The molecule has 5 aromatic rings. The summed E-state index contributed by atoms with van der Waals surface area (Å²) in [5.41, 5.74) is 6.35. The number of halogens is 1. The Morgan fingerprint density at radius 1 is 1.12 bits per heavy atom. The third-order valence-corrected chi connectivity index (χ3v) is 8.94. The maximum Gasteiger partial charge on any atom is 0.338 e. The number of aromatic amines is 1. The average molecular weight is 643 g/mol. The van der Waals surface area contributed by atoms with Crippen molar-refractivity contribution in [2.24, 2.45) is 4.99 Å². The zero-order valence-electron chi connectivity index (χ0n) is 23.5. The summed E-state index contributed by atoms with van der Waals surface area (Å²) in [6.07, 6.45) is 1.94. The van der Waals surface area contributed by atoms with Crippen LogP contribution in [-0.4, -0.2) is 29.2 Å². The quantitative estimate of drug-likeness (QED) is 0.230. The van der Waals surface area contributed by atoms with Crippen molar-refractivity contribution in [3.63, 3.8) is 0 Å². The van der Waals surface area contributed by atoms with Gasteiger partial charge in [0.15, 0.2) is 4.80 Å². The zero-order valence-corrected chi connectivity index (χ0v) is 25.9. The van der Waals surface area contributed by atoms with Gasteiger partial charge in [-0.15, -0.1) is 0 Å². The van der Waals surface area contributed by atoms with Crippen molar-refractivity contribution < 1.29 is 14.3 Å². The summed E-state index contributed by atoms with van der Waals surface area (Å²) in [6.45, 7) is 5.81. The van der Waals surface area contributed by atoms with Gasteiger partial charge in [0.25, 0.3) is 5.56 Å². The first kappa shape index (κ1) is 27.9. The van der Waals surface area contributed by atoms with E-state index in [1.54, 1.807) is 25.5 Å². The third-order valence-electron chi connectivity index (χ3n) is 7.34. The molecule has 0 unspecified atom stereocenters.